The van der Waals surface area contributed by atoms with Crippen LogP contribution in [0.3, 0.4) is 0 Å². The molecule has 0 aliphatic heterocycles. The van der Waals surface area contributed by atoms with Crippen LogP contribution < -0.4 is 0 Å². The van der Waals surface area contributed by atoms with Gasteiger partial charge in [-0.2, -0.15) is 13.2 Å². The Bertz CT molecular complexity index is 767. The first-order valence-electron chi connectivity index (χ1n) is 6.77. The minimum absolute atomic E-state index is 0.528. The average molecular weight is 289 g/mol. The number of aromatic nitrogens is 1. The molecular formula is C17H14F3N. The second kappa shape index (κ2) is 4.95. The molecule has 0 spiro atoms. The highest BCUT2D eigenvalue weighted by atomic mass is 19.4. The predicted molar refractivity (Wildman–Crippen MR) is 77.7 cm³/mol. The van der Waals surface area contributed by atoms with E-state index in [2.05, 4.69) is 0 Å². The van der Waals surface area contributed by atoms with Gasteiger partial charge in [-0.15, -0.1) is 0 Å². The maximum absolute atomic E-state index is 13.3. The first-order valence-corrected chi connectivity index (χ1v) is 6.77. The standard InChI is InChI=1S/C17H14F3N/c1-2-12-7-9-14(10-8-12)21-15-6-4-3-5-13(15)11-16(21)17(18,19)20/h3-11H,2H2,1H3. The van der Waals surface area contributed by atoms with Gasteiger partial charge in [-0.25, -0.2) is 0 Å². The van der Waals surface area contributed by atoms with Gasteiger partial charge in [0, 0.05) is 11.1 Å². The molecule has 2 aromatic carbocycles. The van der Waals surface area contributed by atoms with Crippen molar-refractivity contribution in [2.24, 2.45) is 0 Å². The van der Waals surface area contributed by atoms with Gasteiger partial charge < -0.3 is 4.57 Å². The van der Waals surface area contributed by atoms with Gasteiger partial charge in [-0.05, 0) is 36.2 Å². The van der Waals surface area contributed by atoms with Crippen LogP contribution >= 0.6 is 0 Å². The van der Waals surface area contributed by atoms with Crippen LogP contribution in [0.1, 0.15) is 18.2 Å². The van der Waals surface area contributed by atoms with Gasteiger partial charge in [0.25, 0.3) is 0 Å². The van der Waals surface area contributed by atoms with E-state index < -0.39 is 11.9 Å². The molecule has 3 rings (SSSR count). The highest BCUT2D eigenvalue weighted by Crippen LogP contribution is 2.36. The van der Waals surface area contributed by atoms with Crippen LogP contribution in [0, 0.1) is 0 Å². The molecule has 0 fully saturated rings. The predicted octanol–water partition coefficient (Wildman–Crippen LogP) is 5.21. The number of fused-ring (bicyclic) bond motifs is 1. The van der Waals surface area contributed by atoms with Crippen molar-refractivity contribution in [1.82, 2.24) is 4.57 Å². The van der Waals surface area contributed by atoms with Crippen molar-refractivity contribution in [2.45, 2.75) is 19.5 Å². The topological polar surface area (TPSA) is 4.93 Å². The van der Waals surface area contributed by atoms with Crippen molar-refractivity contribution in [3.8, 4) is 5.69 Å². The van der Waals surface area contributed by atoms with Gasteiger partial charge in [0.15, 0.2) is 0 Å². The largest absolute Gasteiger partial charge is 0.431 e. The Balaban J connectivity index is 2.28. The maximum Gasteiger partial charge on any atom is 0.431 e. The number of rotatable bonds is 2. The zero-order valence-corrected chi connectivity index (χ0v) is 11.5. The minimum atomic E-state index is -4.39. The summed E-state index contributed by atoms with van der Waals surface area (Å²) in [6.45, 7) is 2.02. The van der Waals surface area contributed by atoms with Crippen LogP contribution in [-0.2, 0) is 12.6 Å². The molecule has 21 heavy (non-hydrogen) atoms. The number of hydrogen-bond donors (Lipinski definition) is 0. The van der Waals surface area contributed by atoms with Gasteiger partial charge in [-0.1, -0.05) is 37.3 Å². The Morgan fingerprint density at radius 1 is 0.952 bits per heavy atom. The molecule has 108 valence electrons. The van der Waals surface area contributed by atoms with E-state index in [4.69, 9.17) is 0 Å². The molecule has 1 aromatic heterocycles. The first-order chi connectivity index (χ1) is 10.0. The number of hydrogen-bond acceptors (Lipinski definition) is 0. The third kappa shape index (κ3) is 2.42. The van der Waals surface area contributed by atoms with E-state index >= 15 is 0 Å². The summed E-state index contributed by atoms with van der Waals surface area (Å²) in [5, 5.41) is 0.587. The monoisotopic (exact) mass is 289 g/mol. The smallest absolute Gasteiger partial charge is 0.305 e. The average Bonchev–Trinajstić information content (AvgIpc) is 2.87. The summed E-state index contributed by atoms with van der Waals surface area (Å²) in [4.78, 5) is 0. The van der Waals surface area contributed by atoms with Gasteiger partial charge in [0.1, 0.15) is 5.69 Å². The third-order valence-electron chi connectivity index (χ3n) is 3.60. The fourth-order valence-electron chi connectivity index (χ4n) is 2.52. The molecule has 1 heterocycles. The summed E-state index contributed by atoms with van der Waals surface area (Å²) >= 11 is 0. The molecule has 0 saturated carbocycles. The van der Waals surface area contributed by atoms with E-state index in [1.54, 1.807) is 36.4 Å². The molecule has 0 aliphatic carbocycles. The summed E-state index contributed by atoms with van der Waals surface area (Å²) < 4.78 is 41.2. The van der Waals surface area contributed by atoms with E-state index in [1.807, 2.05) is 19.1 Å². The lowest BCUT2D eigenvalue weighted by Gasteiger charge is -2.13. The normalized spacial score (nSPS) is 12.0. The summed E-state index contributed by atoms with van der Waals surface area (Å²) in [5.74, 6) is 0. The van der Waals surface area contributed by atoms with Crippen molar-refractivity contribution >= 4 is 10.9 Å². The molecular weight excluding hydrogens is 275 g/mol. The molecule has 1 nitrogen and oxygen atoms in total. The summed E-state index contributed by atoms with van der Waals surface area (Å²) in [6.07, 6.45) is -3.53. The second-order valence-electron chi connectivity index (χ2n) is 4.94. The van der Waals surface area contributed by atoms with Crippen LogP contribution in [0.4, 0.5) is 13.2 Å². The Morgan fingerprint density at radius 3 is 2.24 bits per heavy atom. The summed E-state index contributed by atoms with van der Waals surface area (Å²) in [6, 6.07) is 15.3. The Kier molecular flexibility index (Phi) is 3.24. The zero-order chi connectivity index (χ0) is 15.0. The number of aryl methyl sites for hydroxylation is 1. The van der Waals surface area contributed by atoms with Crippen molar-refractivity contribution in [3.05, 3.63) is 65.9 Å². The van der Waals surface area contributed by atoms with E-state index in [-0.39, 0.29) is 0 Å². The molecule has 0 unspecified atom stereocenters. The van der Waals surface area contributed by atoms with Crippen molar-refractivity contribution < 1.29 is 13.2 Å². The Morgan fingerprint density at radius 2 is 1.62 bits per heavy atom. The van der Waals surface area contributed by atoms with Crippen LogP contribution in [0.25, 0.3) is 16.6 Å². The third-order valence-corrected chi connectivity index (χ3v) is 3.60. The first kappa shape index (κ1) is 13.7. The van der Waals surface area contributed by atoms with Crippen LogP contribution in [-0.4, -0.2) is 4.57 Å². The second-order valence-corrected chi connectivity index (χ2v) is 4.94. The number of para-hydroxylation sites is 1. The summed E-state index contributed by atoms with van der Waals surface area (Å²) in [7, 11) is 0. The van der Waals surface area contributed by atoms with Crippen LogP contribution in [0.5, 0.6) is 0 Å². The number of benzene rings is 2. The maximum atomic E-state index is 13.3. The molecule has 0 bridgehead atoms. The van der Waals surface area contributed by atoms with Gasteiger partial charge in [0.2, 0.25) is 0 Å². The fraction of sp³-hybridized carbons (Fsp3) is 0.176. The molecule has 0 saturated heterocycles. The lowest BCUT2D eigenvalue weighted by Crippen LogP contribution is -2.12. The lowest BCUT2D eigenvalue weighted by atomic mass is 10.1. The number of alkyl halides is 3. The van der Waals surface area contributed by atoms with E-state index in [1.165, 1.54) is 10.6 Å². The van der Waals surface area contributed by atoms with Gasteiger partial charge in [0.05, 0.1) is 5.52 Å². The molecule has 0 N–H and O–H groups in total. The van der Waals surface area contributed by atoms with Gasteiger partial charge >= 0.3 is 6.18 Å². The molecule has 0 amide bonds. The zero-order valence-electron chi connectivity index (χ0n) is 11.5. The number of nitrogens with zero attached hydrogens (tertiary/aromatic N) is 1. The van der Waals surface area contributed by atoms with Crippen molar-refractivity contribution in [3.63, 3.8) is 0 Å². The van der Waals surface area contributed by atoms with E-state index in [9.17, 15) is 13.2 Å². The SMILES string of the molecule is CCc1ccc(-n2c(C(F)(F)F)cc3ccccc32)cc1. The fourth-order valence-corrected chi connectivity index (χ4v) is 2.52. The molecule has 0 atom stereocenters. The van der Waals surface area contributed by atoms with E-state index in [0.29, 0.717) is 16.6 Å². The minimum Gasteiger partial charge on any atom is -0.305 e. The Labute approximate surface area is 120 Å². The molecule has 3 aromatic rings. The van der Waals surface area contributed by atoms with Crippen LogP contribution in [0.15, 0.2) is 54.6 Å². The van der Waals surface area contributed by atoms with Crippen molar-refractivity contribution in [2.75, 3.05) is 0 Å². The van der Waals surface area contributed by atoms with Crippen molar-refractivity contribution in [1.29, 1.82) is 0 Å². The summed E-state index contributed by atoms with van der Waals surface area (Å²) in [5.41, 5.74) is 1.55. The molecule has 4 heteroatoms. The highest BCUT2D eigenvalue weighted by Gasteiger charge is 2.35. The molecule has 0 radical (unpaired) electrons. The lowest BCUT2D eigenvalue weighted by molar-refractivity contribution is -0.142. The van der Waals surface area contributed by atoms with Crippen LogP contribution in [0.2, 0.25) is 0 Å². The Hall–Kier alpha value is -2.23. The van der Waals surface area contributed by atoms with Gasteiger partial charge in [-0.3, -0.25) is 0 Å². The number of halogens is 3. The molecule has 0 aliphatic rings. The quantitative estimate of drug-likeness (QED) is 0.610. The van der Waals surface area contributed by atoms with E-state index in [0.717, 1.165) is 12.0 Å². The highest BCUT2D eigenvalue weighted by molar-refractivity contribution is 5.83.